The topological polar surface area (TPSA) is 66.8 Å². The quantitative estimate of drug-likeness (QED) is 0.395. The van der Waals surface area contributed by atoms with Crippen molar-refractivity contribution >= 4 is 5.97 Å². The molecule has 1 aliphatic carbocycles. The Kier molecular flexibility index (Phi) is 3.92. The van der Waals surface area contributed by atoms with E-state index in [4.69, 9.17) is 4.74 Å². The molecule has 0 spiro atoms. The normalized spacial score (nSPS) is 39.3. The van der Waals surface area contributed by atoms with Gasteiger partial charge < -0.3 is 14.9 Å². The Labute approximate surface area is 113 Å². The smallest absolute Gasteiger partial charge is 0.334 e. The van der Waals surface area contributed by atoms with Crippen LogP contribution in [0.5, 0.6) is 0 Å². The summed E-state index contributed by atoms with van der Waals surface area (Å²) in [6.07, 6.45) is 1.47. The summed E-state index contributed by atoms with van der Waals surface area (Å²) in [5.41, 5.74) is 1.91. The molecule has 0 unspecified atom stereocenters. The number of aliphatic hydroxyl groups excluding tert-OH is 2. The van der Waals surface area contributed by atoms with Gasteiger partial charge in [0.1, 0.15) is 6.10 Å². The van der Waals surface area contributed by atoms with Crippen molar-refractivity contribution in [2.75, 3.05) is 0 Å². The van der Waals surface area contributed by atoms with E-state index < -0.39 is 30.2 Å². The lowest BCUT2D eigenvalue weighted by Crippen LogP contribution is -2.30. The minimum atomic E-state index is -0.785. The van der Waals surface area contributed by atoms with Crippen LogP contribution in [-0.2, 0) is 9.53 Å². The SMILES string of the molecule is C=C1C(=O)O[C@@H]2CC(=C)[C@H](O)CC/C(C)=C/[C@H](O)[C@@H]12. The molecule has 2 aliphatic rings. The molecular weight excluding hydrogens is 244 g/mol. The summed E-state index contributed by atoms with van der Waals surface area (Å²) in [6.45, 7) is 9.47. The highest BCUT2D eigenvalue weighted by molar-refractivity contribution is 5.91. The van der Waals surface area contributed by atoms with Crippen molar-refractivity contribution in [3.63, 3.8) is 0 Å². The van der Waals surface area contributed by atoms with Crippen LogP contribution in [0.25, 0.3) is 0 Å². The van der Waals surface area contributed by atoms with Gasteiger partial charge in [0.05, 0.1) is 18.1 Å². The highest BCUT2D eigenvalue weighted by atomic mass is 16.6. The Balaban J connectivity index is 2.33. The zero-order valence-electron chi connectivity index (χ0n) is 11.1. The fourth-order valence-corrected chi connectivity index (χ4v) is 2.68. The van der Waals surface area contributed by atoms with E-state index >= 15 is 0 Å². The van der Waals surface area contributed by atoms with Crippen LogP contribution in [-0.4, -0.2) is 34.5 Å². The maximum absolute atomic E-state index is 11.6. The van der Waals surface area contributed by atoms with Gasteiger partial charge in [-0.25, -0.2) is 4.79 Å². The van der Waals surface area contributed by atoms with Gasteiger partial charge in [-0.15, -0.1) is 0 Å². The fourth-order valence-electron chi connectivity index (χ4n) is 2.68. The second kappa shape index (κ2) is 5.31. The molecule has 1 aliphatic heterocycles. The first-order valence-electron chi connectivity index (χ1n) is 6.51. The summed E-state index contributed by atoms with van der Waals surface area (Å²) in [6, 6.07) is 0. The molecular formula is C15H20O4. The lowest BCUT2D eigenvalue weighted by Gasteiger charge is -2.25. The van der Waals surface area contributed by atoms with Crippen molar-refractivity contribution in [1.29, 1.82) is 0 Å². The number of aliphatic hydroxyl groups is 2. The third-order valence-corrected chi connectivity index (χ3v) is 3.89. The van der Waals surface area contributed by atoms with Crippen LogP contribution in [0, 0.1) is 5.92 Å². The van der Waals surface area contributed by atoms with Crippen molar-refractivity contribution in [2.24, 2.45) is 5.92 Å². The van der Waals surface area contributed by atoms with Crippen LogP contribution >= 0.6 is 0 Å². The summed E-state index contributed by atoms with van der Waals surface area (Å²) in [5, 5.41) is 20.2. The van der Waals surface area contributed by atoms with Gasteiger partial charge >= 0.3 is 5.97 Å². The predicted molar refractivity (Wildman–Crippen MR) is 71.3 cm³/mol. The minimum absolute atomic E-state index is 0.296. The number of hydrogen-bond acceptors (Lipinski definition) is 4. The number of ether oxygens (including phenoxy) is 1. The third kappa shape index (κ3) is 2.80. The van der Waals surface area contributed by atoms with Crippen molar-refractivity contribution < 1.29 is 19.7 Å². The van der Waals surface area contributed by atoms with E-state index in [2.05, 4.69) is 13.2 Å². The Hall–Kier alpha value is -1.39. The zero-order chi connectivity index (χ0) is 14.2. The van der Waals surface area contributed by atoms with Crippen LogP contribution in [0.4, 0.5) is 0 Å². The molecule has 104 valence electrons. The molecule has 19 heavy (non-hydrogen) atoms. The molecule has 0 bridgehead atoms. The Morgan fingerprint density at radius 3 is 2.74 bits per heavy atom. The number of esters is 1. The lowest BCUT2D eigenvalue weighted by molar-refractivity contribution is -0.139. The highest BCUT2D eigenvalue weighted by Crippen LogP contribution is 2.35. The average Bonchev–Trinajstić information content (AvgIpc) is 2.60. The van der Waals surface area contributed by atoms with Gasteiger partial charge in [-0.3, -0.25) is 0 Å². The van der Waals surface area contributed by atoms with Crippen LogP contribution in [0.1, 0.15) is 26.2 Å². The van der Waals surface area contributed by atoms with Crippen molar-refractivity contribution in [3.05, 3.63) is 36.0 Å². The maximum Gasteiger partial charge on any atom is 0.334 e. The molecule has 0 amide bonds. The molecule has 2 N–H and O–H groups in total. The largest absolute Gasteiger partial charge is 0.458 e. The number of carbonyl (C=O) groups is 1. The van der Waals surface area contributed by atoms with Gasteiger partial charge in [-0.1, -0.05) is 24.8 Å². The van der Waals surface area contributed by atoms with E-state index in [-0.39, 0.29) is 0 Å². The number of hydrogen-bond donors (Lipinski definition) is 2. The van der Waals surface area contributed by atoms with E-state index in [0.29, 0.717) is 30.4 Å². The van der Waals surface area contributed by atoms with Crippen LogP contribution < -0.4 is 0 Å². The lowest BCUT2D eigenvalue weighted by atomic mass is 9.84. The summed E-state index contributed by atoms with van der Waals surface area (Å²) in [4.78, 5) is 11.6. The fraction of sp³-hybridized carbons (Fsp3) is 0.533. The molecule has 1 fully saturated rings. The number of fused-ring (bicyclic) bond motifs is 1. The zero-order valence-corrected chi connectivity index (χ0v) is 11.1. The third-order valence-electron chi connectivity index (χ3n) is 3.89. The molecule has 0 aromatic carbocycles. The number of rotatable bonds is 0. The molecule has 4 heteroatoms. The monoisotopic (exact) mass is 264 g/mol. The van der Waals surface area contributed by atoms with Gasteiger partial charge in [-0.05, 0) is 25.3 Å². The Bertz CT molecular complexity index is 449. The second-order valence-corrected chi connectivity index (χ2v) is 5.42. The predicted octanol–water partition coefficient (Wildman–Crippen LogP) is 1.49. The standard InChI is InChI=1S/C15H20O4/c1-8-4-5-11(16)9(2)7-13-14(12(17)6-8)10(3)15(18)19-13/h6,11-14,16-17H,2-5,7H2,1H3/b8-6+/t11-,12+,13-,14-/m1/s1. The van der Waals surface area contributed by atoms with E-state index in [1.807, 2.05) is 6.92 Å². The minimum Gasteiger partial charge on any atom is -0.458 e. The molecule has 1 saturated heterocycles. The second-order valence-electron chi connectivity index (χ2n) is 5.42. The van der Waals surface area contributed by atoms with E-state index in [0.717, 1.165) is 5.57 Å². The number of carbonyl (C=O) groups excluding carboxylic acids is 1. The van der Waals surface area contributed by atoms with Crippen LogP contribution in [0.15, 0.2) is 36.0 Å². The molecule has 0 aromatic rings. The van der Waals surface area contributed by atoms with Crippen molar-refractivity contribution in [3.8, 4) is 0 Å². The van der Waals surface area contributed by atoms with E-state index in [1.165, 1.54) is 0 Å². The summed E-state index contributed by atoms with van der Waals surface area (Å²) in [7, 11) is 0. The molecule has 0 saturated carbocycles. The van der Waals surface area contributed by atoms with Gasteiger partial charge in [0, 0.05) is 12.0 Å². The van der Waals surface area contributed by atoms with E-state index in [9.17, 15) is 15.0 Å². The highest BCUT2D eigenvalue weighted by Gasteiger charge is 2.42. The molecule has 4 nitrogen and oxygen atoms in total. The molecule has 0 aromatic heterocycles. The molecule has 4 atom stereocenters. The molecule has 2 rings (SSSR count). The summed E-state index contributed by atoms with van der Waals surface area (Å²) < 4.78 is 5.23. The first-order valence-corrected chi connectivity index (χ1v) is 6.51. The van der Waals surface area contributed by atoms with Crippen molar-refractivity contribution in [2.45, 2.75) is 44.5 Å². The molecule has 1 heterocycles. The molecule has 0 radical (unpaired) electrons. The Morgan fingerprint density at radius 1 is 1.37 bits per heavy atom. The average molecular weight is 264 g/mol. The number of allylic oxidation sites excluding steroid dienone is 1. The van der Waals surface area contributed by atoms with E-state index in [1.54, 1.807) is 6.08 Å². The maximum atomic E-state index is 11.6. The first-order chi connectivity index (χ1) is 8.90. The summed E-state index contributed by atoms with van der Waals surface area (Å²) in [5.74, 6) is -0.925. The van der Waals surface area contributed by atoms with Crippen LogP contribution in [0.3, 0.4) is 0 Å². The van der Waals surface area contributed by atoms with Gasteiger partial charge in [0.15, 0.2) is 0 Å². The van der Waals surface area contributed by atoms with Gasteiger partial charge in [0.25, 0.3) is 0 Å². The van der Waals surface area contributed by atoms with Gasteiger partial charge in [0.2, 0.25) is 0 Å². The van der Waals surface area contributed by atoms with Crippen LogP contribution in [0.2, 0.25) is 0 Å². The Morgan fingerprint density at radius 2 is 2.05 bits per heavy atom. The van der Waals surface area contributed by atoms with Crippen molar-refractivity contribution in [1.82, 2.24) is 0 Å². The first kappa shape index (κ1) is 14.0. The summed E-state index contributed by atoms with van der Waals surface area (Å²) >= 11 is 0. The van der Waals surface area contributed by atoms with Gasteiger partial charge in [-0.2, -0.15) is 0 Å².